The maximum atomic E-state index is 12.7. The van der Waals surface area contributed by atoms with Crippen molar-refractivity contribution in [1.82, 2.24) is 29.4 Å². The van der Waals surface area contributed by atoms with Crippen molar-refractivity contribution in [3.05, 3.63) is 52.3 Å². The van der Waals surface area contributed by atoms with Crippen LogP contribution in [0.1, 0.15) is 31.6 Å². The molecule has 4 rings (SSSR count). The van der Waals surface area contributed by atoms with E-state index < -0.39 is 0 Å². The van der Waals surface area contributed by atoms with Crippen LogP contribution in [0.4, 0.5) is 0 Å². The highest BCUT2D eigenvalue weighted by atomic mass is 32.1. The predicted octanol–water partition coefficient (Wildman–Crippen LogP) is 1.86. The number of nitrogens with zero attached hydrogens (tertiary/aromatic N) is 5. The smallest absolute Gasteiger partial charge is 0.341 e. The fourth-order valence-corrected chi connectivity index (χ4v) is 4.34. The second kappa shape index (κ2) is 7.51. The molecule has 3 aromatic rings. The average Bonchev–Trinajstić information content (AvgIpc) is 3.43. The molecule has 1 amide bonds. The third-order valence-corrected chi connectivity index (χ3v) is 6.00. The van der Waals surface area contributed by atoms with Gasteiger partial charge in [-0.15, -0.1) is 11.3 Å². The van der Waals surface area contributed by atoms with Gasteiger partial charge >= 0.3 is 5.69 Å². The minimum atomic E-state index is -0.285. The largest absolute Gasteiger partial charge is 0.348 e. The lowest BCUT2D eigenvalue weighted by Crippen LogP contribution is -2.42. The molecule has 1 saturated heterocycles. The summed E-state index contributed by atoms with van der Waals surface area (Å²) in [5.41, 5.74) is -0.201. The lowest BCUT2D eigenvalue weighted by atomic mass is 9.93. The predicted molar refractivity (Wildman–Crippen MR) is 102 cm³/mol. The molecule has 0 radical (unpaired) electrons. The van der Waals surface area contributed by atoms with Gasteiger partial charge < -0.3 is 4.90 Å². The number of rotatable bonds is 5. The molecule has 1 fully saturated rings. The summed E-state index contributed by atoms with van der Waals surface area (Å²) in [6, 6.07) is 5.39. The molecule has 1 aliphatic rings. The molecule has 142 valence electrons. The van der Waals surface area contributed by atoms with E-state index in [9.17, 15) is 9.59 Å². The highest BCUT2D eigenvalue weighted by Crippen LogP contribution is 2.24. The number of aromatic amines is 1. The number of hydrogen-bond acceptors (Lipinski definition) is 5. The fourth-order valence-electron chi connectivity index (χ4n) is 3.59. The average molecular weight is 386 g/mol. The van der Waals surface area contributed by atoms with Crippen LogP contribution in [0.5, 0.6) is 0 Å². The quantitative estimate of drug-likeness (QED) is 0.725. The molecule has 1 unspecified atom stereocenters. The maximum absolute atomic E-state index is 12.7. The van der Waals surface area contributed by atoms with Crippen LogP contribution in [0, 0.1) is 5.92 Å². The molecule has 3 aromatic heterocycles. The van der Waals surface area contributed by atoms with Crippen molar-refractivity contribution in [2.75, 3.05) is 13.1 Å². The topological polar surface area (TPSA) is 88.8 Å². The number of amides is 1. The normalized spacial score (nSPS) is 16.6. The Morgan fingerprint density at radius 3 is 2.85 bits per heavy atom. The minimum absolute atomic E-state index is 0.104. The summed E-state index contributed by atoms with van der Waals surface area (Å²) in [5.74, 6) is 1.27. The Hall–Kier alpha value is -2.68. The molecule has 1 N–H and O–H groups in total. The Labute approximate surface area is 160 Å². The first kappa shape index (κ1) is 17.7. The standard InChI is InChI=1S/C18H22N6O2S/c1-13(23-8-3-7-19-23)17(25)22-9-5-14(6-10-22)12-15-20-21-18(26)24(15)16-4-2-11-27-16/h2-4,7-8,11,13-14H,5-6,9-10,12H2,1H3,(H,21,26). The summed E-state index contributed by atoms with van der Waals surface area (Å²) in [6.45, 7) is 3.33. The third-order valence-electron chi connectivity index (χ3n) is 5.14. The van der Waals surface area contributed by atoms with Crippen molar-refractivity contribution in [3.63, 3.8) is 0 Å². The first-order chi connectivity index (χ1) is 13.1. The van der Waals surface area contributed by atoms with Gasteiger partial charge in [-0.2, -0.15) is 10.2 Å². The van der Waals surface area contributed by atoms with E-state index in [1.807, 2.05) is 41.6 Å². The summed E-state index contributed by atoms with van der Waals surface area (Å²) >= 11 is 1.52. The van der Waals surface area contributed by atoms with Crippen LogP contribution in [-0.4, -0.2) is 48.4 Å². The van der Waals surface area contributed by atoms with Crippen molar-refractivity contribution >= 4 is 17.2 Å². The van der Waals surface area contributed by atoms with Crippen LogP contribution >= 0.6 is 11.3 Å². The molecule has 9 heteroatoms. The molecule has 0 aromatic carbocycles. The number of hydrogen-bond donors (Lipinski definition) is 1. The number of thiophene rings is 1. The molecule has 0 spiro atoms. The number of piperidine rings is 1. The number of carbonyl (C=O) groups is 1. The van der Waals surface area contributed by atoms with E-state index >= 15 is 0 Å². The maximum Gasteiger partial charge on any atom is 0.348 e. The van der Waals surface area contributed by atoms with E-state index in [0.29, 0.717) is 5.92 Å². The van der Waals surface area contributed by atoms with Crippen LogP contribution in [0.15, 0.2) is 40.8 Å². The molecule has 0 aliphatic carbocycles. The van der Waals surface area contributed by atoms with E-state index in [0.717, 1.165) is 43.2 Å². The molecular weight excluding hydrogens is 364 g/mol. The van der Waals surface area contributed by atoms with Crippen LogP contribution in [0.25, 0.3) is 5.00 Å². The Morgan fingerprint density at radius 1 is 1.37 bits per heavy atom. The molecule has 27 heavy (non-hydrogen) atoms. The second-order valence-corrected chi connectivity index (χ2v) is 7.79. The van der Waals surface area contributed by atoms with Crippen molar-refractivity contribution < 1.29 is 4.79 Å². The Kier molecular flexibility index (Phi) is 4.93. The summed E-state index contributed by atoms with van der Waals surface area (Å²) in [6.07, 6.45) is 6.04. The van der Waals surface area contributed by atoms with Crippen LogP contribution in [0.3, 0.4) is 0 Å². The zero-order valence-electron chi connectivity index (χ0n) is 15.1. The molecule has 8 nitrogen and oxygen atoms in total. The summed E-state index contributed by atoms with van der Waals surface area (Å²) < 4.78 is 3.35. The number of carbonyl (C=O) groups excluding carboxylic acids is 1. The summed E-state index contributed by atoms with van der Waals surface area (Å²) in [5, 5.41) is 13.8. The van der Waals surface area contributed by atoms with Crippen molar-refractivity contribution in [2.24, 2.45) is 5.92 Å². The number of H-pyrrole nitrogens is 1. The lowest BCUT2D eigenvalue weighted by molar-refractivity contribution is -0.136. The SMILES string of the molecule is CC(C(=O)N1CCC(Cc2n[nH]c(=O)n2-c2cccs2)CC1)n1cccn1. The first-order valence-corrected chi connectivity index (χ1v) is 9.99. The van der Waals surface area contributed by atoms with Gasteiger partial charge in [-0.05, 0) is 49.3 Å². The monoisotopic (exact) mass is 386 g/mol. The van der Waals surface area contributed by atoms with E-state index in [4.69, 9.17) is 0 Å². The molecule has 1 aliphatic heterocycles. The van der Waals surface area contributed by atoms with Gasteiger partial charge in [0.25, 0.3) is 0 Å². The van der Waals surface area contributed by atoms with Gasteiger partial charge in [-0.3, -0.25) is 9.48 Å². The van der Waals surface area contributed by atoms with Gasteiger partial charge in [0.05, 0.1) is 0 Å². The highest BCUT2D eigenvalue weighted by molar-refractivity contribution is 7.12. The first-order valence-electron chi connectivity index (χ1n) is 9.11. The zero-order chi connectivity index (χ0) is 18.8. The van der Waals surface area contributed by atoms with E-state index in [-0.39, 0.29) is 17.6 Å². The Balaban J connectivity index is 1.38. The summed E-state index contributed by atoms with van der Waals surface area (Å²) in [7, 11) is 0. The third kappa shape index (κ3) is 3.59. The number of aromatic nitrogens is 5. The molecule has 0 saturated carbocycles. The van der Waals surface area contributed by atoms with E-state index in [2.05, 4.69) is 15.3 Å². The highest BCUT2D eigenvalue weighted by Gasteiger charge is 2.28. The van der Waals surface area contributed by atoms with Gasteiger partial charge in [0.15, 0.2) is 0 Å². The number of likely N-dealkylation sites (tertiary alicyclic amines) is 1. The van der Waals surface area contributed by atoms with Gasteiger partial charge in [0.1, 0.15) is 16.9 Å². The van der Waals surface area contributed by atoms with Gasteiger partial charge in [0, 0.05) is 31.9 Å². The van der Waals surface area contributed by atoms with E-state index in [1.54, 1.807) is 15.4 Å². The van der Waals surface area contributed by atoms with Crippen molar-refractivity contribution in [2.45, 2.75) is 32.2 Å². The van der Waals surface area contributed by atoms with Crippen LogP contribution in [0.2, 0.25) is 0 Å². The van der Waals surface area contributed by atoms with Gasteiger partial charge in [-0.25, -0.2) is 14.5 Å². The zero-order valence-corrected chi connectivity index (χ0v) is 15.9. The van der Waals surface area contributed by atoms with Crippen molar-refractivity contribution in [1.29, 1.82) is 0 Å². The van der Waals surface area contributed by atoms with Crippen LogP contribution in [-0.2, 0) is 11.2 Å². The fraction of sp³-hybridized carbons (Fsp3) is 0.444. The minimum Gasteiger partial charge on any atom is -0.341 e. The summed E-state index contributed by atoms with van der Waals surface area (Å²) in [4.78, 5) is 26.7. The Morgan fingerprint density at radius 2 is 2.19 bits per heavy atom. The number of nitrogens with one attached hydrogen (secondary N) is 1. The lowest BCUT2D eigenvalue weighted by Gasteiger charge is -2.33. The van der Waals surface area contributed by atoms with Crippen LogP contribution < -0.4 is 5.69 Å². The molecule has 4 heterocycles. The van der Waals surface area contributed by atoms with Gasteiger partial charge in [0.2, 0.25) is 5.91 Å². The Bertz CT molecular complexity index is 935. The molecule has 1 atom stereocenters. The van der Waals surface area contributed by atoms with Gasteiger partial charge in [-0.1, -0.05) is 0 Å². The van der Waals surface area contributed by atoms with E-state index in [1.165, 1.54) is 11.3 Å². The second-order valence-electron chi connectivity index (χ2n) is 6.87. The molecular formula is C18H22N6O2S. The molecule has 0 bridgehead atoms. The van der Waals surface area contributed by atoms with Crippen molar-refractivity contribution in [3.8, 4) is 5.00 Å².